The van der Waals surface area contributed by atoms with Gasteiger partial charge in [-0.2, -0.15) is 5.10 Å². The highest BCUT2D eigenvalue weighted by atomic mass is 127. The first kappa shape index (κ1) is 21.4. The van der Waals surface area contributed by atoms with E-state index in [0.717, 1.165) is 27.4 Å². The van der Waals surface area contributed by atoms with Gasteiger partial charge in [0, 0.05) is 47.5 Å². The molecule has 0 spiro atoms. The topological polar surface area (TPSA) is 46.4 Å². The molecule has 5 rings (SSSR count). The van der Waals surface area contributed by atoms with Gasteiger partial charge >= 0.3 is 0 Å². The Balaban J connectivity index is 1.34. The number of nitrogens with one attached hydrogen (secondary N) is 1. The number of rotatable bonds is 5. The summed E-state index contributed by atoms with van der Waals surface area (Å²) in [4.78, 5) is 12.5. The summed E-state index contributed by atoms with van der Waals surface area (Å²) in [5, 5.41) is 8.91. The van der Waals surface area contributed by atoms with Gasteiger partial charge in [0.05, 0.1) is 6.21 Å². The van der Waals surface area contributed by atoms with Crippen LogP contribution in [0.2, 0.25) is 0 Å². The number of aryl methyl sites for hydroxylation is 1. The van der Waals surface area contributed by atoms with Gasteiger partial charge in [-0.3, -0.25) is 4.79 Å². The lowest BCUT2D eigenvalue weighted by atomic mass is 10.1. The van der Waals surface area contributed by atoms with E-state index in [4.69, 9.17) is 0 Å². The minimum atomic E-state index is -0.104. The lowest BCUT2D eigenvalue weighted by molar-refractivity contribution is -0.121. The molecule has 1 N–H and O–H groups in total. The summed E-state index contributed by atoms with van der Waals surface area (Å²) in [6, 6.07) is 27.1. The number of benzene rings is 4. The number of aromatic nitrogens is 1. The van der Waals surface area contributed by atoms with Crippen LogP contribution in [0.25, 0.3) is 32.6 Å². The van der Waals surface area contributed by atoms with Gasteiger partial charge in [0.2, 0.25) is 5.91 Å². The Morgan fingerprint density at radius 1 is 0.844 bits per heavy atom. The van der Waals surface area contributed by atoms with Gasteiger partial charge in [-0.05, 0) is 92.4 Å². The summed E-state index contributed by atoms with van der Waals surface area (Å²) >= 11 is 4.69. The maximum Gasteiger partial charge on any atom is 0.241 e. The number of hydrazone groups is 1. The van der Waals surface area contributed by atoms with Crippen LogP contribution in [0.3, 0.4) is 0 Å². The fraction of sp³-hybridized carbons (Fsp3) is 0.0769. The highest BCUT2D eigenvalue weighted by molar-refractivity contribution is 14.1. The van der Waals surface area contributed by atoms with Crippen LogP contribution in [0.1, 0.15) is 12.0 Å². The Morgan fingerprint density at radius 2 is 1.50 bits per heavy atom. The van der Waals surface area contributed by atoms with E-state index in [-0.39, 0.29) is 5.91 Å². The third-order valence-electron chi connectivity index (χ3n) is 5.57. The maximum atomic E-state index is 12.5. The number of nitrogens with zero attached hydrogens (tertiary/aromatic N) is 2. The summed E-state index contributed by atoms with van der Waals surface area (Å²) in [5.74, 6) is -0.104. The van der Waals surface area contributed by atoms with Crippen LogP contribution in [0.15, 0.2) is 84.0 Å². The van der Waals surface area contributed by atoms with Crippen molar-refractivity contribution in [3.05, 3.63) is 91.6 Å². The van der Waals surface area contributed by atoms with E-state index in [1.165, 1.54) is 17.9 Å². The first-order valence-electron chi connectivity index (χ1n) is 10.3. The molecule has 0 bridgehead atoms. The van der Waals surface area contributed by atoms with Crippen LogP contribution in [0, 0.1) is 7.14 Å². The van der Waals surface area contributed by atoms with Crippen LogP contribution in [0.4, 0.5) is 0 Å². The lowest BCUT2D eigenvalue weighted by Crippen LogP contribution is -2.19. The third-order valence-corrected chi connectivity index (χ3v) is 6.91. The average molecular weight is 643 g/mol. The van der Waals surface area contributed by atoms with E-state index in [1.54, 1.807) is 6.21 Å². The van der Waals surface area contributed by atoms with Crippen molar-refractivity contribution in [2.24, 2.45) is 5.10 Å². The van der Waals surface area contributed by atoms with E-state index < -0.39 is 0 Å². The quantitative estimate of drug-likeness (QED) is 0.130. The summed E-state index contributed by atoms with van der Waals surface area (Å²) in [7, 11) is 0. The molecule has 4 aromatic carbocycles. The van der Waals surface area contributed by atoms with Crippen molar-refractivity contribution >= 4 is 89.9 Å². The Hall–Kier alpha value is -2.46. The van der Waals surface area contributed by atoms with Crippen LogP contribution in [-0.4, -0.2) is 16.7 Å². The summed E-state index contributed by atoms with van der Waals surface area (Å²) < 4.78 is 4.63. The van der Waals surface area contributed by atoms with Gasteiger partial charge in [0.15, 0.2) is 0 Å². The molecule has 158 valence electrons. The van der Waals surface area contributed by atoms with Gasteiger partial charge in [-0.15, -0.1) is 0 Å². The average Bonchev–Trinajstić information content (AvgIpc) is 3.10. The zero-order valence-electron chi connectivity index (χ0n) is 17.1. The summed E-state index contributed by atoms with van der Waals surface area (Å²) in [6.07, 6.45) is 2.06. The molecule has 1 heterocycles. The lowest BCUT2D eigenvalue weighted by Gasteiger charge is -2.07. The molecule has 0 saturated carbocycles. The zero-order valence-corrected chi connectivity index (χ0v) is 21.4. The summed E-state index contributed by atoms with van der Waals surface area (Å²) in [6.45, 7) is 0.594. The van der Waals surface area contributed by atoms with Gasteiger partial charge in [0.1, 0.15) is 0 Å². The Labute approximate surface area is 213 Å². The number of halogens is 2. The number of hydrogen-bond acceptors (Lipinski definition) is 2. The monoisotopic (exact) mass is 643 g/mol. The highest BCUT2D eigenvalue weighted by Crippen LogP contribution is 2.31. The normalized spacial score (nSPS) is 11.7. The molecule has 0 aliphatic carbocycles. The molecule has 0 unspecified atom stereocenters. The van der Waals surface area contributed by atoms with Gasteiger partial charge < -0.3 is 4.57 Å². The van der Waals surface area contributed by atoms with Crippen molar-refractivity contribution < 1.29 is 4.79 Å². The second kappa shape index (κ2) is 9.19. The minimum Gasteiger partial charge on any atom is -0.340 e. The fourth-order valence-electron chi connectivity index (χ4n) is 4.10. The van der Waals surface area contributed by atoms with Gasteiger partial charge in [-0.1, -0.05) is 42.5 Å². The van der Waals surface area contributed by atoms with Crippen molar-refractivity contribution in [2.45, 2.75) is 13.0 Å². The molecule has 4 nitrogen and oxygen atoms in total. The van der Waals surface area contributed by atoms with Crippen molar-refractivity contribution in [1.82, 2.24) is 9.99 Å². The molecular formula is C26H19I2N3O. The van der Waals surface area contributed by atoms with Crippen LogP contribution in [0.5, 0.6) is 0 Å². The van der Waals surface area contributed by atoms with Crippen molar-refractivity contribution in [3.63, 3.8) is 0 Å². The first-order valence-corrected chi connectivity index (χ1v) is 12.4. The molecule has 0 aliphatic heterocycles. The smallest absolute Gasteiger partial charge is 0.241 e. The van der Waals surface area contributed by atoms with Crippen LogP contribution >= 0.6 is 45.2 Å². The molecule has 0 aliphatic rings. The number of fused-ring (bicyclic) bond motifs is 4. The highest BCUT2D eigenvalue weighted by Gasteiger charge is 2.12. The Bertz CT molecular complexity index is 1440. The largest absolute Gasteiger partial charge is 0.340 e. The molecule has 0 atom stereocenters. The Kier molecular flexibility index (Phi) is 6.14. The van der Waals surface area contributed by atoms with E-state index in [0.29, 0.717) is 13.0 Å². The summed E-state index contributed by atoms with van der Waals surface area (Å²) in [5.41, 5.74) is 5.96. The van der Waals surface area contributed by atoms with Crippen LogP contribution in [-0.2, 0) is 11.3 Å². The molecule has 1 amide bonds. The maximum absolute atomic E-state index is 12.5. The molecule has 1 aromatic heterocycles. The van der Waals surface area contributed by atoms with Crippen molar-refractivity contribution in [2.75, 3.05) is 0 Å². The van der Waals surface area contributed by atoms with Crippen LogP contribution < -0.4 is 5.43 Å². The van der Waals surface area contributed by atoms with Crippen molar-refractivity contribution in [3.8, 4) is 0 Å². The number of carbonyl (C=O) groups is 1. The second-order valence-corrected chi connectivity index (χ2v) is 10.1. The third kappa shape index (κ3) is 4.25. The molecule has 5 aromatic rings. The predicted molar refractivity (Wildman–Crippen MR) is 149 cm³/mol. The SMILES string of the molecule is O=C(CCn1c2ccc(I)cc2c2cc(I)ccc21)N/N=C/c1cccc2ccccc12. The molecule has 0 fully saturated rings. The van der Waals surface area contributed by atoms with Gasteiger partial charge in [-0.25, -0.2) is 5.43 Å². The van der Waals surface area contributed by atoms with E-state index in [2.05, 4.69) is 115 Å². The second-order valence-electron chi connectivity index (χ2n) is 7.59. The van der Waals surface area contributed by atoms with E-state index >= 15 is 0 Å². The van der Waals surface area contributed by atoms with E-state index in [1.807, 2.05) is 24.3 Å². The fourth-order valence-corrected chi connectivity index (χ4v) is 5.08. The molecule has 0 radical (unpaired) electrons. The van der Waals surface area contributed by atoms with Crippen molar-refractivity contribution in [1.29, 1.82) is 0 Å². The predicted octanol–water partition coefficient (Wildman–Crippen LogP) is 6.70. The molecular weight excluding hydrogens is 624 g/mol. The molecule has 6 heteroatoms. The number of amides is 1. The molecule has 0 saturated heterocycles. The number of carbonyl (C=O) groups excluding carboxylic acids is 1. The minimum absolute atomic E-state index is 0.104. The van der Waals surface area contributed by atoms with Gasteiger partial charge in [0.25, 0.3) is 0 Å². The number of hydrogen-bond donors (Lipinski definition) is 1. The Morgan fingerprint density at radius 3 is 2.22 bits per heavy atom. The first-order chi connectivity index (χ1) is 15.6. The molecule has 32 heavy (non-hydrogen) atoms. The zero-order chi connectivity index (χ0) is 22.1. The standard InChI is InChI=1S/C26H19I2N3O/c27-19-8-10-24-22(14-19)23-15-20(28)9-11-25(23)31(24)13-12-26(32)30-29-16-18-6-3-5-17-4-1-2-7-21(17)18/h1-11,14-16H,12-13H2,(H,30,32)/b29-16+. The van der Waals surface area contributed by atoms with E-state index in [9.17, 15) is 4.79 Å².